The molecule has 0 spiro atoms. The number of furan rings is 1. The lowest BCUT2D eigenvalue weighted by molar-refractivity contribution is -0.115. The number of thiocarbonyl (C=S) groups is 1. The van der Waals surface area contributed by atoms with Crippen molar-refractivity contribution in [2.75, 3.05) is 10.2 Å². The van der Waals surface area contributed by atoms with Gasteiger partial charge in [0.25, 0.3) is 0 Å². The van der Waals surface area contributed by atoms with Crippen molar-refractivity contribution in [1.82, 2.24) is 10.3 Å². The number of nitrogens with zero attached hydrogens (tertiary/aromatic N) is 2. The van der Waals surface area contributed by atoms with Crippen molar-refractivity contribution >= 4 is 57.8 Å². The van der Waals surface area contributed by atoms with E-state index >= 15 is 0 Å². The maximum absolute atomic E-state index is 11.9. The number of nitrogens with one attached hydrogen (secondary N) is 2. The fourth-order valence-corrected chi connectivity index (χ4v) is 5.19. The van der Waals surface area contributed by atoms with Gasteiger partial charge in [-0.3, -0.25) is 9.78 Å². The third kappa shape index (κ3) is 4.94. The topological polar surface area (TPSA) is 70.4 Å². The van der Waals surface area contributed by atoms with E-state index in [2.05, 4.69) is 15.6 Å². The van der Waals surface area contributed by atoms with E-state index in [-0.39, 0.29) is 18.0 Å². The Morgan fingerprint density at radius 1 is 1.14 bits per heavy atom. The largest absolute Gasteiger partial charge is 0.459 e. The van der Waals surface area contributed by atoms with Crippen LogP contribution in [0.2, 0.25) is 10.0 Å². The van der Waals surface area contributed by atoms with Gasteiger partial charge in [0.2, 0.25) is 5.91 Å². The third-order valence-electron chi connectivity index (χ3n) is 6.32. The van der Waals surface area contributed by atoms with Crippen LogP contribution in [0.3, 0.4) is 0 Å². The molecule has 37 heavy (non-hydrogen) atoms. The molecule has 6 nitrogen and oxygen atoms in total. The Bertz CT molecular complexity index is 1470. The van der Waals surface area contributed by atoms with Crippen molar-refractivity contribution in [3.05, 3.63) is 100.0 Å². The Balaban J connectivity index is 1.58. The number of carbonyl (C=O) groups is 1. The van der Waals surface area contributed by atoms with Crippen LogP contribution in [0, 0.1) is 6.92 Å². The molecule has 0 saturated carbocycles. The van der Waals surface area contributed by atoms with Crippen molar-refractivity contribution in [2.24, 2.45) is 0 Å². The standard InChI is InChI=1S/C28H24Cl2N4O2S/c1-3-24(35)32-20-11-10-17(15-16(20)2)34-27(26(33-28(34)37)21-9-4-5-14-31-21)23-13-12-22(36-23)18-7-6-8-19(29)25(18)30/h4-15,26-27H,3H2,1-2H3,(H,32,35)(H,33,37)/t26-,27-/m1/s1. The molecule has 188 valence electrons. The molecule has 0 aliphatic carbocycles. The minimum absolute atomic E-state index is 0.0370. The van der Waals surface area contributed by atoms with E-state index in [9.17, 15) is 4.79 Å². The quantitative estimate of drug-likeness (QED) is 0.242. The number of benzene rings is 2. The van der Waals surface area contributed by atoms with E-state index in [1.165, 1.54) is 0 Å². The normalized spacial score (nSPS) is 17.1. The highest BCUT2D eigenvalue weighted by molar-refractivity contribution is 7.80. The number of halogens is 2. The predicted molar refractivity (Wildman–Crippen MR) is 152 cm³/mol. The van der Waals surface area contributed by atoms with Gasteiger partial charge in [0.1, 0.15) is 17.6 Å². The summed E-state index contributed by atoms with van der Waals surface area (Å²) < 4.78 is 6.39. The van der Waals surface area contributed by atoms with E-state index in [1.807, 2.05) is 79.4 Å². The summed E-state index contributed by atoms with van der Waals surface area (Å²) in [4.78, 5) is 18.5. The zero-order valence-electron chi connectivity index (χ0n) is 20.2. The third-order valence-corrected chi connectivity index (χ3v) is 7.45. The molecule has 0 unspecified atom stereocenters. The second kappa shape index (κ2) is 10.5. The van der Waals surface area contributed by atoms with Crippen molar-refractivity contribution in [3.8, 4) is 11.3 Å². The molecule has 0 bridgehead atoms. The Labute approximate surface area is 230 Å². The highest BCUT2D eigenvalue weighted by Crippen LogP contribution is 2.44. The molecule has 3 heterocycles. The molecule has 2 N–H and O–H groups in total. The minimum Gasteiger partial charge on any atom is -0.459 e. The smallest absolute Gasteiger partial charge is 0.224 e. The first-order valence-corrected chi connectivity index (χ1v) is 13.0. The first kappa shape index (κ1) is 25.3. The minimum atomic E-state index is -0.329. The van der Waals surface area contributed by atoms with Crippen LogP contribution >= 0.6 is 35.4 Å². The van der Waals surface area contributed by atoms with Gasteiger partial charge in [-0.2, -0.15) is 0 Å². The highest BCUT2D eigenvalue weighted by Gasteiger charge is 2.42. The molecule has 1 aliphatic rings. The molecule has 2 aromatic carbocycles. The van der Waals surface area contributed by atoms with Gasteiger partial charge in [-0.1, -0.05) is 42.3 Å². The number of carbonyl (C=O) groups excluding carboxylic acids is 1. The Morgan fingerprint density at radius 2 is 1.97 bits per heavy atom. The summed E-state index contributed by atoms with van der Waals surface area (Å²) in [6.07, 6.45) is 2.17. The van der Waals surface area contributed by atoms with Crippen LogP contribution < -0.4 is 15.5 Å². The van der Waals surface area contributed by atoms with Crippen LogP contribution in [0.1, 0.15) is 42.4 Å². The zero-order valence-corrected chi connectivity index (χ0v) is 22.5. The lowest BCUT2D eigenvalue weighted by atomic mass is 10.0. The Morgan fingerprint density at radius 3 is 2.70 bits per heavy atom. The first-order chi connectivity index (χ1) is 17.9. The summed E-state index contributed by atoms with van der Waals surface area (Å²) in [5.74, 6) is 1.26. The van der Waals surface area contributed by atoms with Crippen molar-refractivity contribution < 1.29 is 9.21 Å². The second-order valence-electron chi connectivity index (χ2n) is 8.70. The van der Waals surface area contributed by atoms with E-state index in [0.717, 1.165) is 22.6 Å². The lowest BCUT2D eigenvalue weighted by Gasteiger charge is -2.27. The highest BCUT2D eigenvalue weighted by atomic mass is 35.5. The van der Waals surface area contributed by atoms with Gasteiger partial charge in [0.05, 0.1) is 21.8 Å². The molecule has 2 atom stereocenters. The van der Waals surface area contributed by atoms with Gasteiger partial charge >= 0.3 is 0 Å². The van der Waals surface area contributed by atoms with Crippen molar-refractivity contribution in [2.45, 2.75) is 32.4 Å². The molecule has 1 fully saturated rings. The van der Waals surface area contributed by atoms with E-state index in [0.29, 0.717) is 38.7 Å². The molecule has 1 saturated heterocycles. The molecule has 9 heteroatoms. The van der Waals surface area contributed by atoms with Crippen LogP contribution in [0.15, 0.2) is 77.3 Å². The monoisotopic (exact) mass is 550 g/mol. The fraction of sp³-hybridized carbons (Fsp3) is 0.179. The Kier molecular flexibility index (Phi) is 7.20. The zero-order chi connectivity index (χ0) is 26.1. The van der Waals surface area contributed by atoms with Crippen LogP contribution in [-0.4, -0.2) is 16.0 Å². The van der Waals surface area contributed by atoms with Gasteiger partial charge in [-0.05, 0) is 79.3 Å². The van der Waals surface area contributed by atoms with Crippen LogP contribution in [0.5, 0.6) is 0 Å². The first-order valence-electron chi connectivity index (χ1n) is 11.8. The molecule has 4 aromatic rings. The summed E-state index contributed by atoms with van der Waals surface area (Å²) in [6, 6.07) is 20.3. The second-order valence-corrected chi connectivity index (χ2v) is 9.87. The lowest BCUT2D eigenvalue weighted by Crippen LogP contribution is -2.29. The summed E-state index contributed by atoms with van der Waals surface area (Å²) in [6.45, 7) is 3.78. The number of anilines is 2. The van der Waals surface area contributed by atoms with E-state index in [4.69, 9.17) is 39.8 Å². The molecule has 0 radical (unpaired) electrons. The van der Waals surface area contributed by atoms with Crippen LogP contribution in [-0.2, 0) is 4.79 Å². The fourth-order valence-electron chi connectivity index (χ4n) is 4.45. The van der Waals surface area contributed by atoms with Crippen LogP contribution in [0.4, 0.5) is 11.4 Å². The number of amides is 1. The number of aromatic nitrogens is 1. The number of pyridine rings is 1. The van der Waals surface area contributed by atoms with Crippen LogP contribution in [0.25, 0.3) is 11.3 Å². The average Bonchev–Trinajstić information content (AvgIpc) is 3.52. The SMILES string of the molecule is CCC(=O)Nc1ccc(N2C(=S)N[C@H](c3ccccn3)[C@H]2c2ccc(-c3cccc(Cl)c3Cl)o2)cc1C. The Hall–Kier alpha value is -3.39. The summed E-state index contributed by atoms with van der Waals surface area (Å²) in [5.41, 5.74) is 4.10. The molecule has 5 rings (SSSR count). The van der Waals surface area contributed by atoms with Crippen molar-refractivity contribution in [1.29, 1.82) is 0 Å². The van der Waals surface area contributed by atoms with Gasteiger partial charge in [0, 0.05) is 29.6 Å². The van der Waals surface area contributed by atoms with E-state index < -0.39 is 0 Å². The molecule has 1 aliphatic heterocycles. The summed E-state index contributed by atoms with van der Waals surface area (Å²) >= 11 is 18.5. The van der Waals surface area contributed by atoms with Gasteiger partial charge < -0.3 is 20.0 Å². The maximum atomic E-state index is 11.9. The molecular weight excluding hydrogens is 527 g/mol. The average molecular weight is 551 g/mol. The molecular formula is C28H24Cl2N4O2S. The molecule has 1 amide bonds. The van der Waals surface area contributed by atoms with Crippen molar-refractivity contribution in [3.63, 3.8) is 0 Å². The number of rotatable bonds is 6. The van der Waals surface area contributed by atoms with E-state index in [1.54, 1.807) is 12.3 Å². The summed E-state index contributed by atoms with van der Waals surface area (Å²) in [7, 11) is 0. The van der Waals surface area contributed by atoms with Gasteiger partial charge in [-0.15, -0.1) is 0 Å². The number of hydrogen-bond acceptors (Lipinski definition) is 4. The number of aryl methyl sites for hydroxylation is 1. The van der Waals surface area contributed by atoms with Gasteiger partial charge in [-0.25, -0.2) is 0 Å². The van der Waals surface area contributed by atoms with Gasteiger partial charge in [0.15, 0.2) is 5.11 Å². The maximum Gasteiger partial charge on any atom is 0.224 e. The summed E-state index contributed by atoms with van der Waals surface area (Å²) in [5, 5.41) is 7.81. The predicted octanol–water partition coefficient (Wildman–Crippen LogP) is 7.48. The molecule has 2 aromatic heterocycles. The number of hydrogen-bond donors (Lipinski definition) is 2.